The Morgan fingerprint density at radius 1 is 1.14 bits per heavy atom. The first-order valence-electron chi connectivity index (χ1n) is 10.9. The molecule has 0 aliphatic rings. The maximum atomic E-state index is 14.5. The smallest absolute Gasteiger partial charge is 0.305 e. The summed E-state index contributed by atoms with van der Waals surface area (Å²) in [6, 6.07) is 10.6. The summed E-state index contributed by atoms with van der Waals surface area (Å²) < 4.78 is 21.2. The van der Waals surface area contributed by atoms with Gasteiger partial charge in [0.2, 0.25) is 5.88 Å². The molecule has 3 rings (SSSR count). The van der Waals surface area contributed by atoms with Crippen LogP contribution in [0.15, 0.2) is 48.5 Å². The van der Waals surface area contributed by atoms with Gasteiger partial charge in [-0.3, -0.25) is 14.4 Å². The standard InChI is InChI=1S/C25H24Cl2FN3O5/c1-25(2,3)20(32)13-36-21-11-18(30-31(21)19-10-5-4-9-16(19)28)24(35)29-17(12-22(33)34)14-7-6-8-15(26)23(14)27/h4-11,17H,12-13H2,1-3H3,(H,29,35)(H,33,34). The van der Waals surface area contributed by atoms with E-state index in [1.54, 1.807) is 39.0 Å². The van der Waals surface area contributed by atoms with E-state index in [9.17, 15) is 23.9 Å². The molecular weight excluding hydrogens is 512 g/mol. The van der Waals surface area contributed by atoms with E-state index < -0.39 is 35.6 Å². The number of rotatable bonds is 9. The van der Waals surface area contributed by atoms with Crippen LogP contribution in [-0.2, 0) is 9.59 Å². The van der Waals surface area contributed by atoms with Crippen LogP contribution in [0.2, 0.25) is 10.0 Å². The Hall–Kier alpha value is -3.43. The number of hydrogen-bond donors (Lipinski definition) is 2. The molecule has 0 saturated heterocycles. The summed E-state index contributed by atoms with van der Waals surface area (Å²) in [5.74, 6) is -2.84. The minimum Gasteiger partial charge on any atom is -0.481 e. The number of nitrogens with zero attached hydrogens (tertiary/aromatic N) is 2. The summed E-state index contributed by atoms with van der Waals surface area (Å²) >= 11 is 12.3. The van der Waals surface area contributed by atoms with E-state index in [0.29, 0.717) is 5.56 Å². The lowest BCUT2D eigenvalue weighted by atomic mass is 9.91. The van der Waals surface area contributed by atoms with Gasteiger partial charge < -0.3 is 15.2 Å². The van der Waals surface area contributed by atoms with Crippen LogP contribution in [0, 0.1) is 11.2 Å². The van der Waals surface area contributed by atoms with Crippen LogP contribution in [0.5, 0.6) is 5.88 Å². The zero-order valence-electron chi connectivity index (χ0n) is 19.7. The van der Waals surface area contributed by atoms with Crippen molar-refractivity contribution in [2.45, 2.75) is 33.2 Å². The number of carbonyl (C=O) groups is 3. The predicted octanol–water partition coefficient (Wildman–Crippen LogP) is 5.26. The summed E-state index contributed by atoms with van der Waals surface area (Å²) in [7, 11) is 0. The number of halogens is 3. The molecule has 3 aromatic rings. The molecule has 0 aliphatic heterocycles. The molecule has 0 bridgehead atoms. The number of ketones is 1. The number of Topliss-reactive ketones (excluding diaryl/α,β-unsaturated/α-hetero) is 1. The third kappa shape index (κ3) is 6.41. The molecule has 0 fully saturated rings. The van der Waals surface area contributed by atoms with E-state index in [2.05, 4.69) is 10.4 Å². The van der Waals surface area contributed by atoms with Gasteiger partial charge in [0.25, 0.3) is 5.91 Å². The van der Waals surface area contributed by atoms with Crippen LogP contribution in [0.4, 0.5) is 4.39 Å². The van der Waals surface area contributed by atoms with Crippen molar-refractivity contribution in [2.75, 3.05) is 6.61 Å². The Kier molecular flexibility index (Phi) is 8.37. The average Bonchev–Trinajstić information content (AvgIpc) is 3.22. The first-order valence-corrected chi connectivity index (χ1v) is 11.6. The maximum Gasteiger partial charge on any atom is 0.305 e. The first kappa shape index (κ1) is 27.2. The summed E-state index contributed by atoms with van der Waals surface area (Å²) in [6.45, 7) is 4.87. The fourth-order valence-electron chi connectivity index (χ4n) is 3.16. The van der Waals surface area contributed by atoms with Crippen molar-refractivity contribution in [3.05, 3.63) is 75.7 Å². The summed E-state index contributed by atoms with van der Waals surface area (Å²) in [5, 5.41) is 16.4. The Balaban J connectivity index is 1.96. The second-order valence-electron chi connectivity index (χ2n) is 8.96. The number of ether oxygens (including phenoxy) is 1. The molecule has 2 N–H and O–H groups in total. The number of amides is 1. The highest BCUT2D eigenvalue weighted by Crippen LogP contribution is 2.32. The lowest BCUT2D eigenvalue weighted by Gasteiger charge is -2.18. The topological polar surface area (TPSA) is 111 Å². The number of para-hydroxylation sites is 1. The average molecular weight is 536 g/mol. The van der Waals surface area contributed by atoms with Gasteiger partial charge in [-0.05, 0) is 23.8 Å². The van der Waals surface area contributed by atoms with Crippen LogP contribution in [-0.4, -0.2) is 39.2 Å². The van der Waals surface area contributed by atoms with Crippen molar-refractivity contribution < 1.29 is 28.6 Å². The van der Waals surface area contributed by atoms with Crippen LogP contribution < -0.4 is 10.1 Å². The molecule has 190 valence electrons. The highest BCUT2D eigenvalue weighted by molar-refractivity contribution is 6.42. The van der Waals surface area contributed by atoms with Crippen LogP contribution in [0.25, 0.3) is 5.69 Å². The van der Waals surface area contributed by atoms with Crippen molar-refractivity contribution in [2.24, 2.45) is 5.41 Å². The highest BCUT2D eigenvalue weighted by Gasteiger charge is 2.26. The van der Waals surface area contributed by atoms with Gasteiger partial charge in [0, 0.05) is 11.5 Å². The largest absolute Gasteiger partial charge is 0.481 e. The number of nitrogens with one attached hydrogen (secondary N) is 1. The van der Waals surface area contributed by atoms with E-state index >= 15 is 0 Å². The molecule has 1 atom stereocenters. The number of benzene rings is 2. The van der Waals surface area contributed by atoms with Crippen molar-refractivity contribution in [3.63, 3.8) is 0 Å². The molecule has 8 nitrogen and oxygen atoms in total. The minimum absolute atomic E-state index is 0.00488. The molecule has 0 radical (unpaired) electrons. The lowest BCUT2D eigenvalue weighted by Crippen LogP contribution is -2.30. The second-order valence-corrected chi connectivity index (χ2v) is 9.75. The Morgan fingerprint density at radius 2 is 1.83 bits per heavy atom. The van der Waals surface area contributed by atoms with Crippen LogP contribution >= 0.6 is 23.2 Å². The van der Waals surface area contributed by atoms with Crippen LogP contribution in [0.3, 0.4) is 0 Å². The molecule has 11 heteroatoms. The SMILES string of the molecule is CC(C)(C)C(=O)COc1cc(C(=O)NC(CC(=O)O)c2cccc(Cl)c2Cl)nn1-c1ccccc1F. The molecule has 36 heavy (non-hydrogen) atoms. The molecule has 0 aliphatic carbocycles. The molecule has 1 heterocycles. The predicted molar refractivity (Wildman–Crippen MR) is 132 cm³/mol. The number of hydrogen-bond acceptors (Lipinski definition) is 5. The maximum absolute atomic E-state index is 14.5. The minimum atomic E-state index is -1.18. The number of aromatic nitrogens is 2. The Labute approximate surface area is 217 Å². The number of carboxylic acid groups (broad SMARTS) is 1. The molecule has 1 aromatic heterocycles. The highest BCUT2D eigenvalue weighted by atomic mass is 35.5. The van der Waals surface area contributed by atoms with Crippen LogP contribution in [0.1, 0.15) is 49.3 Å². The quantitative estimate of drug-likeness (QED) is 0.386. The molecule has 0 spiro atoms. The van der Waals surface area contributed by atoms with Gasteiger partial charge >= 0.3 is 5.97 Å². The summed E-state index contributed by atoms with van der Waals surface area (Å²) in [6.07, 6.45) is -0.483. The molecule has 0 saturated carbocycles. The van der Waals surface area contributed by atoms with Gasteiger partial charge in [-0.1, -0.05) is 68.2 Å². The van der Waals surface area contributed by atoms with E-state index in [0.717, 1.165) is 4.68 Å². The summed E-state index contributed by atoms with van der Waals surface area (Å²) in [5.41, 5.74) is -0.566. The molecule has 1 amide bonds. The van der Waals surface area contributed by atoms with Crippen molar-refractivity contribution in [1.29, 1.82) is 0 Å². The third-order valence-electron chi connectivity index (χ3n) is 5.22. The molecule has 1 unspecified atom stereocenters. The van der Waals surface area contributed by atoms with Gasteiger partial charge in [-0.15, -0.1) is 0 Å². The first-order chi connectivity index (χ1) is 16.9. The fourth-order valence-corrected chi connectivity index (χ4v) is 3.60. The number of carbonyl (C=O) groups excluding carboxylic acids is 2. The molecular formula is C25H24Cl2FN3O5. The zero-order valence-corrected chi connectivity index (χ0v) is 21.2. The van der Waals surface area contributed by atoms with Gasteiger partial charge in [0.05, 0.1) is 22.5 Å². The zero-order chi connectivity index (χ0) is 26.6. The van der Waals surface area contributed by atoms with Gasteiger partial charge in [-0.25, -0.2) is 4.39 Å². The fraction of sp³-hybridized carbons (Fsp3) is 0.280. The summed E-state index contributed by atoms with van der Waals surface area (Å²) in [4.78, 5) is 37.0. The number of aliphatic carboxylic acids is 1. The van der Waals surface area contributed by atoms with Gasteiger partial charge in [0.1, 0.15) is 18.1 Å². The second kappa shape index (κ2) is 11.1. The normalized spacial score (nSPS) is 12.2. The Morgan fingerprint density at radius 3 is 2.47 bits per heavy atom. The Bertz CT molecular complexity index is 1300. The van der Waals surface area contributed by atoms with E-state index in [-0.39, 0.29) is 39.7 Å². The number of carboxylic acids is 1. The van der Waals surface area contributed by atoms with Crippen molar-refractivity contribution in [3.8, 4) is 11.6 Å². The van der Waals surface area contributed by atoms with Crippen molar-refractivity contribution >= 4 is 40.9 Å². The van der Waals surface area contributed by atoms with Gasteiger partial charge in [-0.2, -0.15) is 9.78 Å². The van der Waals surface area contributed by atoms with E-state index in [4.69, 9.17) is 27.9 Å². The lowest BCUT2D eigenvalue weighted by molar-refractivity contribution is -0.137. The monoisotopic (exact) mass is 535 g/mol. The molecule has 2 aromatic carbocycles. The van der Waals surface area contributed by atoms with E-state index in [1.165, 1.54) is 30.3 Å². The third-order valence-corrected chi connectivity index (χ3v) is 6.05. The van der Waals surface area contributed by atoms with Crippen molar-refractivity contribution in [1.82, 2.24) is 15.1 Å². The van der Waals surface area contributed by atoms with E-state index in [1.807, 2.05) is 0 Å². The van der Waals surface area contributed by atoms with Gasteiger partial charge in [0.15, 0.2) is 11.5 Å².